The van der Waals surface area contributed by atoms with Gasteiger partial charge in [-0.15, -0.1) is 24.0 Å². The molecule has 1 aromatic carbocycles. The molecule has 0 amide bonds. The quantitative estimate of drug-likeness (QED) is 0.407. The Morgan fingerprint density at radius 3 is 2.88 bits per heavy atom. The van der Waals surface area contributed by atoms with Crippen LogP contribution in [-0.4, -0.2) is 48.6 Å². The molecule has 24 heavy (non-hydrogen) atoms. The Kier molecular flexibility index (Phi) is 9.80. The first-order valence-electron chi connectivity index (χ1n) is 8.15. The molecule has 0 aliphatic carbocycles. The van der Waals surface area contributed by atoms with E-state index in [4.69, 9.17) is 4.74 Å². The number of nitrogens with zero attached hydrogens (tertiary/aromatic N) is 2. The van der Waals surface area contributed by atoms with E-state index < -0.39 is 0 Å². The van der Waals surface area contributed by atoms with Crippen LogP contribution < -0.4 is 10.1 Å². The second kappa shape index (κ2) is 11.0. The standard InChI is InChI=1S/C17H26FN3OS.HI/c1-4-14-12-21(8-9-23-14)17(19-5-2)20-11-13-6-7-16(22-3)15(18)10-13;/h6-7,10,14H,4-5,8-9,11-12H2,1-3H3,(H,19,20);1H. The molecule has 0 radical (unpaired) electrons. The number of nitrogens with one attached hydrogen (secondary N) is 1. The number of thioether (sulfide) groups is 1. The van der Waals surface area contributed by atoms with E-state index in [0.717, 1.165) is 36.9 Å². The summed E-state index contributed by atoms with van der Waals surface area (Å²) in [6.45, 7) is 7.61. The summed E-state index contributed by atoms with van der Waals surface area (Å²) >= 11 is 2.04. The number of hydrogen-bond donors (Lipinski definition) is 1. The smallest absolute Gasteiger partial charge is 0.194 e. The van der Waals surface area contributed by atoms with Crippen molar-refractivity contribution in [3.05, 3.63) is 29.6 Å². The van der Waals surface area contributed by atoms with Crippen molar-refractivity contribution in [2.24, 2.45) is 4.99 Å². The van der Waals surface area contributed by atoms with Gasteiger partial charge in [-0.3, -0.25) is 0 Å². The third-order valence-electron chi connectivity index (χ3n) is 3.86. The number of benzene rings is 1. The highest BCUT2D eigenvalue weighted by atomic mass is 127. The van der Waals surface area contributed by atoms with E-state index in [1.54, 1.807) is 6.07 Å². The SMILES string of the molecule is CCNC(=NCc1ccc(OC)c(F)c1)N1CCSC(CC)C1.I. The predicted octanol–water partition coefficient (Wildman–Crippen LogP) is 3.75. The summed E-state index contributed by atoms with van der Waals surface area (Å²) in [6.07, 6.45) is 1.17. The zero-order valence-corrected chi connectivity index (χ0v) is 17.7. The van der Waals surface area contributed by atoms with Gasteiger partial charge in [0, 0.05) is 30.6 Å². The molecule has 1 aliphatic heterocycles. The third-order valence-corrected chi connectivity index (χ3v) is 5.23. The van der Waals surface area contributed by atoms with Gasteiger partial charge in [-0.1, -0.05) is 13.0 Å². The molecular formula is C17H27FIN3OS. The summed E-state index contributed by atoms with van der Waals surface area (Å²) in [4.78, 5) is 7.00. The number of guanidine groups is 1. The highest BCUT2D eigenvalue weighted by Crippen LogP contribution is 2.21. The van der Waals surface area contributed by atoms with Gasteiger partial charge in [0.05, 0.1) is 13.7 Å². The van der Waals surface area contributed by atoms with E-state index in [0.29, 0.717) is 11.8 Å². The summed E-state index contributed by atoms with van der Waals surface area (Å²) in [7, 11) is 1.47. The highest BCUT2D eigenvalue weighted by molar-refractivity contribution is 14.0. The average Bonchev–Trinajstić information content (AvgIpc) is 2.58. The van der Waals surface area contributed by atoms with Crippen LogP contribution in [-0.2, 0) is 6.54 Å². The van der Waals surface area contributed by atoms with E-state index in [1.165, 1.54) is 19.6 Å². The molecule has 1 fully saturated rings. The third kappa shape index (κ3) is 5.98. The molecular weight excluding hydrogens is 440 g/mol. The fourth-order valence-corrected chi connectivity index (χ4v) is 3.74. The van der Waals surface area contributed by atoms with Gasteiger partial charge in [0.15, 0.2) is 17.5 Å². The molecule has 1 aliphatic rings. The van der Waals surface area contributed by atoms with Crippen LogP contribution in [0.5, 0.6) is 5.75 Å². The maximum absolute atomic E-state index is 13.8. The minimum atomic E-state index is -0.342. The van der Waals surface area contributed by atoms with E-state index in [1.807, 2.05) is 17.8 Å². The van der Waals surface area contributed by atoms with Crippen LogP contribution in [0.4, 0.5) is 4.39 Å². The summed E-state index contributed by atoms with van der Waals surface area (Å²) in [5.74, 6) is 1.97. The topological polar surface area (TPSA) is 36.9 Å². The predicted molar refractivity (Wildman–Crippen MR) is 111 cm³/mol. The second-order valence-electron chi connectivity index (χ2n) is 5.49. The number of hydrogen-bond acceptors (Lipinski definition) is 3. The summed E-state index contributed by atoms with van der Waals surface area (Å²) in [5, 5.41) is 4.01. The molecule has 7 heteroatoms. The van der Waals surface area contributed by atoms with Gasteiger partial charge in [-0.2, -0.15) is 11.8 Å². The number of ether oxygens (including phenoxy) is 1. The summed E-state index contributed by atoms with van der Waals surface area (Å²) in [6, 6.07) is 5.00. The van der Waals surface area contributed by atoms with Gasteiger partial charge >= 0.3 is 0 Å². The zero-order valence-electron chi connectivity index (χ0n) is 14.5. The molecule has 136 valence electrons. The fourth-order valence-electron chi connectivity index (χ4n) is 2.56. The molecule has 1 atom stereocenters. The largest absolute Gasteiger partial charge is 0.494 e. The van der Waals surface area contributed by atoms with E-state index in [-0.39, 0.29) is 35.5 Å². The van der Waals surface area contributed by atoms with Crippen LogP contribution in [0, 0.1) is 5.82 Å². The van der Waals surface area contributed by atoms with Gasteiger partial charge in [-0.25, -0.2) is 9.38 Å². The molecule has 2 rings (SSSR count). The number of rotatable bonds is 5. The minimum absolute atomic E-state index is 0. The van der Waals surface area contributed by atoms with Gasteiger partial charge in [-0.05, 0) is 31.0 Å². The van der Waals surface area contributed by atoms with Gasteiger partial charge < -0.3 is 15.0 Å². The Bertz CT molecular complexity index is 545. The number of methoxy groups -OCH3 is 1. The van der Waals surface area contributed by atoms with Crippen molar-refractivity contribution in [2.45, 2.75) is 32.1 Å². The fraction of sp³-hybridized carbons (Fsp3) is 0.588. The zero-order chi connectivity index (χ0) is 16.7. The summed E-state index contributed by atoms with van der Waals surface area (Å²) < 4.78 is 18.7. The van der Waals surface area contributed by atoms with Crippen molar-refractivity contribution in [2.75, 3.05) is 32.5 Å². The molecule has 1 saturated heterocycles. The normalized spacial score (nSPS) is 18.1. The van der Waals surface area contributed by atoms with Crippen molar-refractivity contribution in [3.63, 3.8) is 0 Å². The maximum atomic E-state index is 13.8. The van der Waals surface area contributed by atoms with Gasteiger partial charge in [0.2, 0.25) is 0 Å². The number of halogens is 2. The van der Waals surface area contributed by atoms with Crippen LogP contribution in [0.2, 0.25) is 0 Å². The lowest BCUT2D eigenvalue weighted by Gasteiger charge is -2.34. The van der Waals surface area contributed by atoms with E-state index >= 15 is 0 Å². The van der Waals surface area contributed by atoms with Crippen LogP contribution in [0.25, 0.3) is 0 Å². The second-order valence-corrected chi connectivity index (χ2v) is 6.89. The Labute approximate surface area is 165 Å². The van der Waals surface area contributed by atoms with Crippen molar-refractivity contribution >= 4 is 41.7 Å². The number of aliphatic imine (C=N–C) groups is 1. The molecule has 0 saturated carbocycles. The first-order chi connectivity index (χ1) is 11.2. The monoisotopic (exact) mass is 467 g/mol. The van der Waals surface area contributed by atoms with E-state index in [2.05, 4.69) is 29.1 Å². The minimum Gasteiger partial charge on any atom is -0.494 e. The van der Waals surface area contributed by atoms with Crippen LogP contribution in [0.15, 0.2) is 23.2 Å². The van der Waals surface area contributed by atoms with Crippen LogP contribution in [0.1, 0.15) is 25.8 Å². The van der Waals surface area contributed by atoms with Gasteiger partial charge in [0.25, 0.3) is 0 Å². The van der Waals surface area contributed by atoms with Crippen LogP contribution in [0.3, 0.4) is 0 Å². The van der Waals surface area contributed by atoms with Crippen molar-refractivity contribution < 1.29 is 9.13 Å². The molecule has 1 N–H and O–H groups in total. The van der Waals surface area contributed by atoms with Gasteiger partial charge in [0.1, 0.15) is 0 Å². The maximum Gasteiger partial charge on any atom is 0.194 e. The molecule has 0 aromatic heterocycles. The lowest BCUT2D eigenvalue weighted by Crippen LogP contribution is -2.48. The van der Waals surface area contributed by atoms with Crippen molar-refractivity contribution in [1.82, 2.24) is 10.2 Å². The molecule has 0 spiro atoms. The lowest BCUT2D eigenvalue weighted by molar-refractivity contribution is 0.386. The molecule has 1 unspecified atom stereocenters. The first kappa shape index (κ1) is 21.3. The summed E-state index contributed by atoms with van der Waals surface area (Å²) in [5.41, 5.74) is 0.845. The van der Waals surface area contributed by atoms with Crippen LogP contribution >= 0.6 is 35.7 Å². The van der Waals surface area contributed by atoms with Crippen molar-refractivity contribution in [1.29, 1.82) is 0 Å². The Balaban J connectivity index is 0.00000288. The van der Waals surface area contributed by atoms with Crippen molar-refractivity contribution in [3.8, 4) is 5.75 Å². The molecule has 0 bridgehead atoms. The molecule has 1 heterocycles. The Hall–Kier alpha value is -0.700. The Morgan fingerprint density at radius 2 is 2.25 bits per heavy atom. The highest BCUT2D eigenvalue weighted by Gasteiger charge is 2.21. The molecule has 4 nitrogen and oxygen atoms in total. The average molecular weight is 467 g/mol. The molecule has 1 aromatic rings. The lowest BCUT2D eigenvalue weighted by atomic mass is 10.2. The Morgan fingerprint density at radius 1 is 1.46 bits per heavy atom. The first-order valence-corrected chi connectivity index (χ1v) is 9.20. The van der Waals surface area contributed by atoms with E-state index in [9.17, 15) is 4.39 Å².